The van der Waals surface area contributed by atoms with Crippen molar-refractivity contribution in [3.8, 4) is 0 Å². The number of nitrogens with one attached hydrogen (secondary N) is 1. The summed E-state index contributed by atoms with van der Waals surface area (Å²) >= 11 is 5.40. The summed E-state index contributed by atoms with van der Waals surface area (Å²) in [4.78, 5) is 1.48. The lowest BCUT2D eigenvalue weighted by Gasteiger charge is -2.25. The van der Waals surface area contributed by atoms with Crippen molar-refractivity contribution in [1.29, 1.82) is 0 Å². The topological polar surface area (TPSA) is 46.2 Å². The average molecular weight is 364 g/mol. The first-order valence-corrected chi connectivity index (χ1v) is 10.2. The van der Waals surface area contributed by atoms with Crippen LogP contribution in [0.1, 0.15) is 35.7 Å². The Morgan fingerprint density at radius 2 is 2.26 bits per heavy atom. The van der Waals surface area contributed by atoms with E-state index in [0.717, 1.165) is 19.4 Å². The van der Waals surface area contributed by atoms with Crippen LogP contribution in [-0.2, 0) is 16.3 Å². The first kappa shape index (κ1) is 14.0. The van der Waals surface area contributed by atoms with Gasteiger partial charge in [-0.25, -0.2) is 8.42 Å². The molecule has 2 unspecified atom stereocenters. The molecule has 0 bridgehead atoms. The third-order valence-electron chi connectivity index (χ3n) is 4.06. The molecule has 1 aliphatic heterocycles. The number of rotatable bonds is 3. The van der Waals surface area contributed by atoms with E-state index in [1.54, 1.807) is 0 Å². The Kier molecular flexibility index (Phi) is 4.04. The highest BCUT2D eigenvalue weighted by Gasteiger charge is 2.29. The van der Waals surface area contributed by atoms with Crippen LogP contribution in [0.3, 0.4) is 0 Å². The van der Waals surface area contributed by atoms with Gasteiger partial charge in [0.25, 0.3) is 0 Å². The summed E-state index contributed by atoms with van der Waals surface area (Å²) < 4.78 is 24.1. The Morgan fingerprint density at radius 3 is 3.00 bits per heavy atom. The lowest BCUT2D eigenvalue weighted by atomic mass is 9.93. The molecule has 2 heterocycles. The third-order valence-corrected chi connectivity index (χ3v) is 7.61. The Hall–Kier alpha value is 0.0900. The molecule has 0 spiro atoms. The van der Waals surface area contributed by atoms with Gasteiger partial charge in [0.15, 0.2) is 9.84 Å². The van der Waals surface area contributed by atoms with Gasteiger partial charge in [-0.05, 0) is 65.7 Å². The zero-order valence-electron chi connectivity index (χ0n) is 10.7. The maximum Gasteiger partial charge on any atom is 0.150 e. The van der Waals surface area contributed by atoms with Crippen LogP contribution in [0.25, 0.3) is 0 Å². The molecule has 0 saturated carbocycles. The molecule has 0 radical (unpaired) electrons. The fourth-order valence-corrected chi connectivity index (χ4v) is 6.76. The van der Waals surface area contributed by atoms with Crippen molar-refractivity contribution in [3.05, 3.63) is 20.3 Å². The van der Waals surface area contributed by atoms with Crippen LogP contribution in [-0.4, -0.2) is 26.5 Å². The summed E-state index contributed by atoms with van der Waals surface area (Å²) in [6.45, 7) is 0.830. The van der Waals surface area contributed by atoms with Crippen molar-refractivity contribution in [2.24, 2.45) is 5.92 Å². The van der Waals surface area contributed by atoms with Gasteiger partial charge in [-0.15, -0.1) is 11.3 Å². The molecular weight excluding hydrogens is 346 g/mol. The highest BCUT2D eigenvalue weighted by Crippen LogP contribution is 2.38. The molecular formula is C13H18BrNO2S2. The smallest absolute Gasteiger partial charge is 0.150 e. The number of sulfone groups is 1. The fraction of sp³-hybridized carbons (Fsp3) is 0.692. The van der Waals surface area contributed by atoms with Crippen molar-refractivity contribution < 1.29 is 8.42 Å². The van der Waals surface area contributed by atoms with Gasteiger partial charge in [-0.1, -0.05) is 0 Å². The predicted molar refractivity (Wildman–Crippen MR) is 82.5 cm³/mol. The van der Waals surface area contributed by atoms with Crippen LogP contribution in [0.5, 0.6) is 0 Å². The molecule has 2 aliphatic rings. The molecule has 19 heavy (non-hydrogen) atoms. The van der Waals surface area contributed by atoms with Crippen LogP contribution in [0.4, 0.5) is 0 Å². The van der Waals surface area contributed by atoms with Crippen LogP contribution in [0.2, 0.25) is 0 Å². The highest BCUT2D eigenvalue weighted by atomic mass is 79.9. The normalized spacial score (nSPS) is 29.3. The molecule has 0 aromatic carbocycles. The molecule has 3 nitrogen and oxygen atoms in total. The number of fused-ring (bicyclic) bond motifs is 1. The van der Waals surface area contributed by atoms with Gasteiger partial charge in [0.2, 0.25) is 0 Å². The van der Waals surface area contributed by atoms with E-state index in [1.165, 1.54) is 27.1 Å². The monoisotopic (exact) mass is 363 g/mol. The van der Waals surface area contributed by atoms with Crippen molar-refractivity contribution in [3.63, 3.8) is 0 Å². The van der Waals surface area contributed by atoms with Crippen LogP contribution >= 0.6 is 27.3 Å². The van der Waals surface area contributed by atoms with Crippen molar-refractivity contribution in [2.45, 2.75) is 31.7 Å². The van der Waals surface area contributed by atoms with E-state index in [-0.39, 0.29) is 0 Å². The van der Waals surface area contributed by atoms with Gasteiger partial charge in [-0.2, -0.15) is 0 Å². The molecule has 106 valence electrons. The molecule has 0 amide bonds. The summed E-state index contributed by atoms with van der Waals surface area (Å²) in [5.41, 5.74) is 1.42. The van der Waals surface area contributed by atoms with Gasteiger partial charge in [0.1, 0.15) is 0 Å². The Balaban J connectivity index is 1.62. The lowest BCUT2D eigenvalue weighted by molar-refractivity contribution is 0.419. The quantitative estimate of drug-likeness (QED) is 0.897. The summed E-state index contributed by atoms with van der Waals surface area (Å²) in [5, 5.41) is 3.59. The van der Waals surface area contributed by atoms with Gasteiger partial charge >= 0.3 is 0 Å². The first-order chi connectivity index (χ1) is 9.03. The summed E-state index contributed by atoms with van der Waals surface area (Å²) in [6.07, 6.45) is 4.39. The van der Waals surface area contributed by atoms with Crippen molar-refractivity contribution in [1.82, 2.24) is 5.32 Å². The minimum atomic E-state index is -2.75. The van der Waals surface area contributed by atoms with E-state index in [4.69, 9.17) is 0 Å². The SMILES string of the molecule is O=S1(=O)CCC(CNC2CCCc3sc(Br)cc32)C1. The average Bonchev–Trinajstić information content (AvgIpc) is 2.88. The molecule has 1 aromatic heterocycles. The second-order valence-corrected chi connectivity index (χ2v) is 10.3. The molecule has 3 rings (SSSR count). The van der Waals surface area contributed by atoms with E-state index in [2.05, 4.69) is 27.3 Å². The second kappa shape index (κ2) is 5.47. The number of halogens is 1. The van der Waals surface area contributed by atoms with Gasteiger partial charge in [0.05, 0.1) is 15.3 Å². The molecule has 1 saturated heterocycles. The predicted octanol–water partition coefficient (Wildman–Crippen LogP) is 2.91. The lowest BCUT2D eigenvalue weighted by Crippen LogP contribution is -2.29. The maximum atomic E-state index is 11.5. The maximum absolute atomic E-state index is 11.5. The van der Waals surface area contributed by atoms with E-state index >= 15 is 0 Å². The minimum Gasteiger partial charge on any atom is -0.310 e. The zero-order chi connectivity index (χ0) is 13.5. The van der Waals surface area contributed by atoms with E-state index < -0.39 is 9.84 Å². The molecule has 1 aliphatic carbocycles. The van der Waals surface area contributed by atoms with Crippen LogP contribution < -0.4 is 5.32 Å². The summed E-state index contributed by atoms with van der Waals surface area (Å²) in [5.74, 6) is 1.05. The fourth-order valence-electron chi connectivity index (χ4n) is 3.08. The standard InChI is InChI=1S/C13H18BrNO2S2/c14-13-6-10-11(2-1-3-12(10)18-13)15-7-9-4-5-19(16,17)8-9/h6,9,11,15H,1-5,7-8H2. The molecule has 1 fully saturated rings. The summed E-state index contributed by atoms with van der Waals surface area (Å²) in [6, 6.07) is 2.64. The molecule has 1 aromatic rings. The van der Waals surface area contributed by atoms with E-state index in [0.29, 0.717) is 23.5 Å². The van der Waals surface area contributed by atoms with E-state index in [1.807, 2.05) is 11.3 Å². The zero-order valence-corrected chi connectivity index (χ0v) is 13.9. The largest absolute Gasteiger partial charge is 0.310 e. The third kappa shape index (κ3) is 3.23. The number of aryl methyl sites for hydroxylation is 1. The summed E-state index contributed by atoms with van der Waals surface area (Å²) in [7, 11) is -2.75. The van der Waals surface area contributed by atoms with Crippen LogP contribution in [0, 0.1) is 5.92 Å². The minimum absolute atomic E-state index is 0.303. The second-order valence-electron chi connectivity index (χ2n) is 5.55. The van der Waals surface area contributed by atoms with Gasteiger partial charge in [-0.3, -0.25) is 0 Å². The van der Waals surface area contributed by atoms with Crippen molar-refractivity contribution in [2.75, 3.05) is 18.1 Å². The van der Waals surface area contributed by atoms with E-state index in [9.17, 15) is 8.42 Å². The number of hydrogen-bond acceptors (Lipinski definition) is 4. The van der Waals surface area contributed by atoms with Gasteiger partial charge in [0, 0.05) is 10.9 Å². The first-order valence-electron chi connectivity index (χ1n) is 6.75. The molecule has 6 heteroatoms. The van der Waals surface area contributed by atoms with Gasteiger partial charge < -0.3 is 5.32 Å². The Bertz CT molecular complexity index is 567. The molecule has 2 atom stereocenters. The van der Waals surface area contributed by atoms with Crippen LogP contribution in [0.15, 0.2) is 9.85 Å². The number of thiophene rings is 1. The van der Waals surface area contributed by atoms with Crippen molar-refractivity contribution >= 4 is 37.1 Å². The molecule has 1 N–H and O–H groups in total. The number of hydrogen-bond donors (Lipinski definition) is 1. The highest BCUT2D eigenvalue weighted by molar-refractivity contribution is 9.11. The Labute approximate surface area is 126 Å². The Morgan fingerprint density at radius 1 is 1.42 bits per heavy atom.